The molecule has 9 heteroatoms. The highest BCUT2D eigenvalue weighted by Gasteiger charge is 2.42. The topological polar surface area (TPSA) is 61.4 Å². The SMILES string of the molecule is CC(C)C1=C(Sc2cc(F)cc(F)c2)N(C)C(C)(NS(C)(=O)=O)N1. The lowest BCUT2D eigenvalue weighted by Crippen LogP contribution is -2.61. The van der Waals surface area contributed by atoms with E-state index in [1.807, 2.05) is 13.8 Å². The number of rotatable bonds is 5. The molecule has 1 aliphatic heterocycles. The molecule has 1 aromatic carbocycles. The van der Waals surface area contributed by atoms with Crippen LogP contribution in [-0.2, 0) is 10.0 Å². The van der Waals surface area contributed by atoms with Gasteiger partial charge in [0.1, 0.15) is 11.6 Å². The molecule has 2 rings (SSSR count). The number of allylic oxidation sites excluding steroid dienone is 1. The third-order valence-electron chi connectivity index (χ3n) is 3.60. The number of hydrogen-bond donors (Lipinski definition) is 2. The number of halogens is 2. The summed E-state index contributed by atoms with van der Waals surface area (Å²) >= 11 is 1.18. The maximum Gasteiger partial charge on any atom is 0.212 e. The molecule has 0 spiro atoms. The van der Waals surface area contributed by atoms with Gasteiger partial charge in [0.15, 0.2) is 5.79 Å². The molecule has 5 nitrogen and oxygen atoms in total. The average Bonchev–Trinajstić information content (AvgIpc) is 2.60. The number of benzene rings is 1. The Balaban J connectivity index is 2.39. The van der Waals surface area contributed by atoms with Crippen LogP contribution >= 0.6 is 11.8 Å². The molecule has 1 heterocycles. The standard InChI is InChI=1S/C15H21F2N3O2S2/c1-9(2)13-14(23-12-7-10(16)6-11(17)8-12)20(4)15(3,18-13)19-24(5,21)22/h6-9,18-19H,1-5H3. The van der Waals surface area contributed by atoms with Crippen LogP contribution < -0.4 is 10.0 Å². The van der Waals surface area contributed by atoms with Crippen LogP contribution in [0.3, 0.4) is 0 Å². The van der Waals surface area contributed by atoms with Crippen molar-refractivity contribution in [1.29, 1.82) is 0 Å². The van der Waals surface area contributed by atoms with Gasteiger partial charge in [-0.25, -0.2) is 17.2 Å². The molecule has 0 bridgehead atoms. The molecule has 24 heavy (non-hydrogen) atoms. The zero-order valence-electron chi connectivity index (χ0n) is 14.1. The molecule has 1 aliphatic rings. The minimum Gasteiger partial charge on any atom is -0.351 e. The predicted molar refractivity (Wildman–Crippen MR) is 91.4 cm³/mol. The molecule has 0 fully saturated rings. The number of sulfonamides is 1. The summed E-state index contributed by atoms with van der Waals surface area (Å²) in [6, 6.07) is 3.30. The molecule has 134 valence electrons. The van der Waals surface area contributed by atoms with Crippen LogP contribution in [0.15, 0.2) is 33.8 Å². The van der Waals surface area contributed by atoms with Crippen molar-refractivity contribution in [3.63, 3.8) is 0 Å². The van der Waals surface area contributed by atoms with Crippen molar-refractivity contribution in [2.24, 2.45) is 5.92 Å². The van der Waals surface area contributed by atoms with Gasteiger partial charge in [0.2, 0.25) is 10.0 Å². The Morgan fingerprint density at radius 3 is 2.25 bits per heavy atom. The van der Waals surface area contributed by atoms with Crippen molar-refractivity contribution in [1.82, 2.24) is 14.9 Å². The van der Waals surface area contributed by atoms with E-state index in [1.165, 1.54) is 23.9 Å². The zero-order chi connectivity index (χ0) is 18.3. The van der Waals surface area contributed by atoms with Crippen molar-refractivity contribution in [3.05, 3.63) is 40.6 Å². The van der Waals surface area contributed by atoms with E-state index in [0.29, 0.717) is 9.92 Å². The highest BCUT2D eigenvalue weighted by Crippen LogP contribution is 2.40. The minimum atomic E-state index is -3.47. The van der Waals surface area contributed by atoms with E-state index in [2.05, 4.69) is 10.0 Å². The van der Waals surface area contributed by atoms with Crippen molar-refractivity contribution in [2.45, 2.75) is 31.5 Å². The smallest absolute Gasteiger partial charge is 0.212 e. The van der Waals surface area contributed by atoms with Gasteiger partial charge in [-0.3, -0.25) is 0 Å². The van der Waals surface area contributed by atoms with E-state index in [9.17, 15) is 17.2 Å². The Labute approximate surface area is 145 Å². The predicted octanol–water partition coefficient (Wildman–Crippen LogP) is 2.64. The highest BCUT2D eigenvalue weighted by atomic mass is 32.2. The molecule has 0 saturated heterocycles. The van der Waals surface area contributed by atoms with E-state index in [0.717, 1.165) is 18.0 Å². The summed E-state index contributed by atoms with van der Waals surface area (Å²) in [5.74, 6) is -2.30. The summed E-state index contributed by atoms with van der Waals surface area (Å²) in [5, 5.41) is 3.88. The van der Waals surface area contributed by atoms with Crippen LogP contribution in [0.25, 0.3) is 0 Å². The van der Waals surface area contributed by atoms with E-state index in [4.69, 9.17) is 0 Å². The Morgan fingerprint density at radius 1 is 1.25 bits per heavy atom. The second kappa shape index (κ2) is 6.53. The third kappa shape index (κ3) is 4.20. The lowest BCUT2D eigenvalue weighted by Gasteiger charge is -2.35. The second-order valence-corrected chi connectivity index (χ2v) is 9.02. The fourth-order valence-electron chi connectivity index (χ4n) is 2.45. The fourth-order valence-corrected chi connectivity index (χ4v) is 4.64. The largest absolute Gasteiger partial charge is 0.351 e. The number of thioether (sulfide) groups is 1. The summed E-state index contributed by atoms with van der Waals surface area (Å²) in [6.45, 7) is 5.60. The van der Waals surface area contributed by atoms with Crippen LogP contribution in [0.1, 0.15) is 20.8 Å². The van der Waals surface area contributed by atoms with Crippen molar-refractivity contribution < 1.29 is 17.2 Å². The normalized spacial score (nSPS) is 21.6. The zero-order valence-corrected chi connectivity index (χ0v) is 15.8. The number of nitrogens with one attached hydrogen (secondary N) is 2. The lowest BCUT2D eigenvalue weighted by atomic mass is 10.1. The number of hydrogen-bond acceptors (Lipinski definition) is 5. The van der Waals surface area contributed by atoms with Crippen LogP contribution in [0.4, 0.5) is 8.78 Å². The minimum absolute atomic E-state index is 0.0662. The summed E-state index contributed by atoms with van der Waals surface area (Å²) in [5.41, 5.74) is 0.797. The molecule has 2 N–H and O–H groups in total. The molecule has 0 saturated carbocycles. The van der Waals surface area contributed by atoms with Gasteiger partial charge < -0.3 is 10.2 Å². The number of nitrogens with zero attached hydrogens (tertiary/aromatic N) is 1. The second-order valence-electron chi connectivity index (χ2n) is 6.21. The van der Waals surface area contributed by atoms with Crippen molar-refractivity contribution in [3.8, 4) is 0 Å². The molecular formula is C15H21F2N3O2S2. The van der Waals surface area contributed by atoms with Crippen LogP contribution in [0.5, 0.6) is 0 Å². The summed E-state index contributed by atoms with van der Waals surface area (Å²) in [6.07, 6.45) is 1.08. The van der Waals surface area contributed by atoms with Crippen LogP contribution in [-0.4, -0.2) is 32.4 Å². The first-order valence-electron chi connectivity index (χ1n) is 7.30. The maximum absolute atomic E-state index is 13.4. The first-order valence-corrected chi connectivity index (χ1v) is 10.0. The highest BCUT2D eigenvalue weighted by molar-refractivity contribution is 8.03. The van der Waals surface area contributed by atoms with Gasteiger partial charge in [0, 0.05) is 23.7 Å². The van der Waals surface area contributed by atoms with E-state index in [1.54, 1.807) is 18.9 Å². The Bertz CT molecular complexity index is 761. The fraction of sp³-hybridized carbons (Fsp3) is 0.467. The molecular weight excluding hydrogens is 356 g/mol. The quantitative estimate of drug-likeness (QED) is 0.826. The summed E-state index contributed by atoms with van der Waals surface area (Å²) in [4.78, 5) is 2.12. The van der Waals surface area contributed by atoms with Gasteiger partial charge in [-0.15, -0.1) is 0 Å². The molecule has 1 atom stereocenters. The van der Waals surface area contributed by atoms with Gasteiger partial charge in [-0.2, -0.15) is 4.72 Å². The first-order chi connectivity index (χ1) is 10.9. The van der Waals surface area contributed by atoms with E-state index in [-0.39, 0.29) is 5.92 Å². The Hall–Kier alpha value is -1.32. The molecule has 0 aromatic heterocycles. The molecule has 0 radical (unpaired) electrons. The van der Waals surface area contributed by atoms with Gasteiger partial charge >= 0.3 is 0 Å². The maximum atomic E-state index is 13.4. The Kier molecular flexibility index (Phi) is 5.17. The van der Waals surface area contributed by atoms with Crippen LogP contribution in [0, 0.1) is 17.6 Å². The molecule has 0 aliphatic carbocycles. The molecule has 0 amide bonds. The average molecular weight is 377 g/mol. The van der Waals surface area contributed by atoms with Crippen molar-refractivity contribution >= 4 is 21.8 Å². The molecule has 1 unspecified atom stereocenters. The van der Waals surface area contributed by atoms with Gasteiger partial charge in [0.05, 0.1) is 11.3 Å². The Morgan fingerprint density at radius 2 is 1.79 bits per heavy atom. The monoisotopic (exact) mass is 377 g/mol. The van der Waals surface area contributed by atoms with E-state index < -0.39 is 27.4 Å². The van der Waals surface area contributed by atoms with Gasteiger partial charge in [-0.1, -0.05) is 25.6 Å². The van der Waals surface area contributed by atoms with Gasteiger partial charge in [-0.05, 0) is 25.0 Å². The summed E-state index contributed by atoms with van der Waals surface area (Å²) in [7, 11) is -1.75. The third-order valence-corrected chi connectivity index (χ3v) is 5.52. The first kappa shape index (κ1) is 19.0. The van der Waals surface area contributed by atoms with Crippen molar-refractivity contribution in [2.75, 3.05) is 13.3 Å². The molecule has 1 aromatic rings. The van der Waals surface area contributed by atoms with Crippen LogP contribution in [0.2, 0.25) is 0 Å². The lowest BCUT2D eigenvalue weighted by molar-refractivity contribution is 0.175. The summed E-state index contributed by atoms with van der Waals surface area (Å²) < 4.78 is 52.8. The van der Waals surface area contributed by atoms with Gasteiger partial charge in [0.25, 0.3) is 0 Å². The van der Waals surface area contributed by atoms with E-state index >= 15 is 0 Å².